The smallest absolute Gasteiger partial charge is 0.305 e. The molecule has 1 amide bonds. The zero-order chi connectivity index (χ0) is 49.3. The fraction of sp³-hybridized carbons (Fsp3) is 0.935. The molecule has 2 atom stereocenters. The number of esters is 1. The van der Waals surface area contributed by atoms with Crippen LogP contribution in [-0.4, -0.2) is 47.4 Å². The van der Waals surface area contributed by atoms with Crippen LogP contribution in [0.1, 0.15) is 348 Å². The molecule has 0 aliphatic heterocycles. The van der Waals surface area contributed by atoms with Gasteiger partial charge in [-0.3, -0.25) is 9.59 Å². The Kier molecular flexibility index (Phi) is 57.0. The van der Waals surface area contributed by atoms with E-state index in [1.165, 1.54) is 283 Å². The second-order valence-corrected chi connectivity index (χ2v) is 21.4. The minimum atomic E-state index is -0.842. The number of aliphatic hydroxyl groups excluding tert-OH is 2. The van der Waals surface area contributed by atoms with Crippen LogP contribution >= 0.6 is 0 Å². The van der Waals surface area contributed by atoms with E-state index in [4.69, 9.17) is 4.74 Å². The van der Waals surface area contributed by atoms with Crippen LogP contribution in [-0.2, 0) is 14.3 Å². The topological polar surface area (TPSA) is 95.9 Å². The van der Waals surface area contributed by atoms with E-state index in [0.717, 1.165) is 38.5 Å². The number of amides is 1. The molecule has 0 aromatic carbocycles. The van der Waals surface area contributed by atoms with Crippen LogP contribution < -0.4 is 5.32 Å². The number of ether oxygens (including phenoxy) is 1. The summed E-state index contributed by atoms with van der Waals surface area (Å²) in [6.07, 6.45) is 69.7. The van der Waals surface area contributed by atoms with E-state index in [1.807, 2.05) is 6.08 Å². The van der Waals surface area contributed by atoms with Crippen molar-refractivity contribution in [3.05, 3.63) is 12.2 Å². The van der Waals surface area contributed by atoms with Crippen LogP contribution in [0.5, 0.6) is 0 Å². The zero-order valence-electron chi connectivity index (χ0n) is 46.1. The molecule has 6 nitrogen and oxygen atoms in total. The molecule has 3 N–H and O–H groups in total. The molecule has 0 aliphatic carbocycles. The van der Waals surface area contributed by atoms with E-state index in [2.05, 4.69) is 19.2 Å². The highest BCUT2D eigenvalue weighted by atomic mass is 16.5. The molecule has 0 saturated heterocycles. The van der Waals surface area contributed by atoms with Gasteiger partial charge in [-0.05, 0) is 32.1 Å². The number of hydrogen-bond acceptors (Lipinski definition) is 5. The Labute approximate surface area is 425 Å². The first-order valence-electron chi connectivity index (χ1n) is 31.0. The highest BCUT2D eigenvalue weighted by Crippen LogP contribution is 2.18. The molecule has 0 saturated carbocycles. The number of unbranched alkanes of at least 4 members (excludes halogenated alkanes) is 47. The van der Waals surface area contributed by atoms with Crippen molar-refractivity contribution in [2.24, 2.45) is 0 Å². The minimum Gasteiger partial charge on any atom is -0.466 e. The zero-order valence-corrected chi connectivity index (χ0v) is 46.1. The van der Waals surface area contributed by atoms with Crippen molar-refractivity contribution in [2.45, 2.75) is 360 Å². The van der Waals surface area contributed by atoms with Crippen molar-refractivity contribution < 1.29 is 24.5 Å². The second kappa shape index (κ2) is 58.2. The van der Waals surface area contributed by atoms with Gasteiger partial charge in [0.1, 0.15) is 0 Å². The Hall–Kier alpha value is -1.40. The van der Waals surface area contributed by atoms with Gasteiger partial charge in [-0.15, -0.1) is 0 Å². The lowest BCUT2D eigenvalue weighted by molar-refractivity contribution is -0.143. The third kappa shape index (κ3) is 53.9. The molecule has 0 spiro atoms. The van der Waals surface area contributed by atoms with Gasteiger partial charge in [-0.1, -0.05) is 315 Å². The molecule has 0 aromatic rings. The summed E-state index contributed by atoms with van der Waals surface area (Å²) in [5.74, 6) is -0.0479. The van der Waals surface area contributed by atoms with E-state index >= 15 is 0 Å². The standard InChI is InChI=1S/C62H121NO5/c1-3-5-7-9-11-13-15-16-28-31-35-38-42-46-50-54-60(65)59(58-64)63-61(66)55-51-47-43-39-36-32-29-26-24-22-20-18-17-19-21-23-25-27-30-33-37-41-45-49-53-57-68-62(67)56-52-48-44-40-34-14-12-10-8-6-4-2/h50,54,59-60,64-65H,3-49,51-53,55-58H2,1-2H3,(H,63,66)/b54-50+. The fourth-order valence-corrected chi connectivity index (χ4v) is 9.81. The largest absolute Gasteiger partial charge is 0.466 e. The fourth-order valence-electron chi connectivity index (χ4n) is 9.81. The average molecular weight is 961 g/mol. The van der Waals surface area contributed by atoms with E-state index in [9.17, 15) is 19.8 Å². The highest BCUT2D eigenvalue weighted by molar-refractivity contribution is 5.76. The number of rotatable bonds is 58. The first kappa shape index (κ1) is 66.6. The maximum atomic E-state index is 12.5. The van der Waals surface area contributed by atoms with Gasteiger partial charge in [0.15, 0.2) is 0 Å². The number of hydrogen-bond donors (Lipinski definition) is 3. The quantitative estimate of drug-likeness (QED) is 0.0321. The Morgan fingerprint density at radius 1 is 0.397 bits per heavy atom. The second-order valence-electron chi connectivity index (χ2n) is 21.4. The monoisotopic (exact) mass is 960 g/mol. The van der Waals surface area contributed by atoms with Crippen molar-refractivity contribution in [3.63, 3.8) is 0 Å². The Balaban J connectivity index is 3.37. The van der Waals surface area contributed by atoms with E-state index in [0.29, 0.717) is 19.4 Å². The lowest BCUT2D eigenvalue weighted by atomic mass is 10.0. The van der Waals surface area contributed by atoms with E-state index < -0.39 is 12.1 Å². The van der Waals surface area contributed by atoms with Crippen molar-refractivity contribution >= 4 is 11.9 Å². The van der Waals surface area contributed by atoms with Gasteiger partial charge in [-0.25, -0.2) is 0 Å². The van der Waals surface area contributed by atoms with Crippen molar-refractivity contribution in [3.8, 4) is 0 Å². The van der Waals surface area contributed by atoms with Crippen LogP contribution in [0.2, 0.25) is 0 Å². The van der Waals surface area contributed by atoms with E-state index in [-0.39, 0.29) is 18.5 Å². The molecule has 0 heterocycles. The predicted octanol–water partition coefficient (Wildman–Crippen LogP) is 19.2. The molecular weight excluding hydrogens is 839 g/mol. The molecule has 0 aromatic heterocycles. The van der Waals surface area contributed by atoms with Gasteiger partial charge < -0.3 is 20.3 Å². The summed E-state index contributed by atoms with van der Waals surface area (Å²) in [7, 11) is 0. The van der Waals surface area contributed by atoms with Gasteiger partial charge >= 0.3 is 5.97 Å². The number of carbonyl (C=O) groups is 2. The van der Waals surface area contributed by atoms with Crippen LogP contribution in [0, 0.1) is 0 Å². The predicted molar refractivity (Wildman–Crippen MR) is 297 cm³/mol. The Morgan fingerprint density at radius 2 is 0.676 bits per heavy atom. The Morgan fingerprint density at radius 3 is 1.00 bits per heavy atom. The number of aliphatic hydroxyl groups is 2. The maximum absolute atomic E-state index is 12.5. The molecule has 404 valence electrons. The van der Waals surface area contributed by atoms with Crippen LogP contribution in [0.15, 0.2) is 12.2 Å². The first-order valence-corrected chi connectivity index (χ1v) is 31.0. The van der Waals surface area contributed by atoms with Crippen LogP contribution in [0.4, 0.5) is 0 Å². The molecule has 0 aliphatic rings. The van der Waals surface area contributed by atoms with E-state index in [1.54, 1.807) is 6.08 Å². The molecule has 2 unspecified atom stereocenters. The minimum absolute atomic E-state index is 0.0161. The summed E-state index contributed by atoms with van der Waals surface area (Å²) in [6.45, 7) is 4.92. The highest BCUT2D eigenvalue weighted by Gasteiger charge is 2.18. The van der Waals surface area contributed by atoms with Gasteiger partial charge in [0, 0.05) is 12.8 Å². The van der Waals surface area contributed by atoms with Gasteiger partial charge in [-0.2, -0.15) is 0 Å². The average Bonchev–Trinajstić information content (AvgIpc) is 3.34. The van der Waals surface area contributed by atoms with Crippen LogP contribution in [0.25, 0.3) is 0 Å². The lowest BCUT2D eigenvalue weighted by Gasteiger charge is -2.20. The molecule has 6 heteroatoms. The molecule has 0 bridgehead atoms. The van der Waals surface area contributed by atoms with Crippen molar-refractivity contribution in [2.75, 3.05) is 13.2 Å². The molecule has 0 fully saturated rings. The molecular formula is C62H121NO5. The summed E-state index contributed by atoms with van der Waals surface area (Å²) in [5.41, 5.74) is 0. The molecule has 68 heavy (non-hydrogen) atoms. The maximum Gasteiger partial charge on any atom is 0.305 e. The summed E-state index contributed by atoms with van der Waals surface area (Å²) < 4.78 is 5.47. The van der Waals surface area contributed by atoms with Gasteiger partial charge in [0.25, 0.3) is 0 Å². The summed E-state index contributed by atoms with van der Waals surface area (Å²) in [4.78, 5) is 24.5. The number of nitrogens with one attached hydrogen (secondary N) is 1. The first-order chi connectivity index (χ1) is 33.5. The number of carbonyl (C=O) groups excluding carboxylic acids is 2. The SMILES string of the molecule is CCCCCCCCCCCCCCC/C=C/C(O)C(CO)NC(=O)CCCCCCCCCCCCCCCCCCCCCCCCCCCOC(=O)CCCCCCCCCCCCC. The summed E-state index contributed by atoms with van der Waals surface area (Å²) in [6, 6.07) is -0.625. The third-order valence-electron chi connectivity index (χ3n) is 14.6. The third-order valence-corrected chi connectivity index (χ3v) is 14.6. The van der Waals surface area contributed by atoms with Crippen molar-refractivity contribution in [1.29, 1.82) is 0 Å². The normalized spacial score (nSPS) is 12.6. The molecule has 0 radical (unpaired) electrons. The number of allylic oxidation sites excluding steroid dienone is 1. The summed E-state index contributed by atoms with van der Waals surface area (Å²) in [5, 5.41) is 23.1. The molecule has 0 rings (SSSR count). The van der Waals surface area contributed by atoms with Crippen LogP contribution in [0.3, 0.4) is 0 Å². The Bertz CT molecular complexity index is 1020. The van der Waals surface area contributed by atoms with Crippen molar-refractivity contribution in [1.82, 2.24) is 5.32 Å². The summed E-state index contributed by atoms with van der Waals surface area (Å²) >= 11 is 0. The lowest BCUT2D eigenvalue weighted by Crippen LogP contribution is -2.45. The van der Waals surface area contributed by atoms with Gasteiger partial charge in [0.2, 0.25) is 5.91 Å². The van der Waals surface area contributed by atoms with Gasteiger partial charge in [0.05, 0.1) is 25.4 Å².